The number of benzene rings is 1. The second-order valence-corrected chi connectivity index (χ2v) is 4.90. The fourth-order valence-electron chi connectivity index (χ4n) is 1.65. The maximum atomic E-state index is 10.7. The lowest BCUT2D eigenvalue weighted by Gasteiger charge is -2.16. The van der Waals surface area contributed by atoms with Gasteiger partial charge in [0.15, 0.2) is 0 Å². The predicted molar refractivity (Wildman–Crippen MR) is 70.6 cm³/mol. The van der Waals surface area contributed by atoms with Gasteiger partial charge in [-0.05, 0) is 49.9 Å². The van der Waals surface area contributed by atoms with Crippen molar-refractivity contribution in [2.24, 2.45) is 5.92 Å². The van der Waals surface area contributed by atoms with Crippen LogP contribution in [0.1, 0.15) is 44.0 Å². The van der Waals surface area contributed by atoms with Crippen molar-refractivity contribution in [1.82, 2.24) is 0 Å². The van der Waals surface area contributed by atoms with E-state index < -0.39 is 5.97 Å². The molecule has 0 aliphatic heterocycles. The summed E-state index contributed by atoms with van der Waals surface area (Å²) in [6.07, 6.45) is 2.32. The highest BCUT2D eigenvalue weighted by Gasteiger charge is 2.05. The third-order valence-electron chi connectivity index (χ3n) is 2.72. The van der Waals surface area contributed by atoms with Crippen molar-refractivity contribution in [1.29, 1.82) is 0 Å². The monoisotopic (exact) mass is 235 g/mol. The molecule has 0 bridgehead atoms. The van der Waals surface area contributed by atoms with E-state index in [1.807, 2.05) is 12.1 Å². The molecular weight excluding hydrogens is 214 g/mol. The van der Waals surface area contributed by atoms with E-state index >= 15 is 0 Å². The molecule has 0 aliphatic carbocycles. The minimum Gasteiger partial charge on any atom is -0.478 e. The highest BCUT2D eigenvalue weighted by atomic mass is 16.4. The van der Waals surface area contributed by atoms with Crippen LogP contribution >= 0.6 is 0 Å². The number of rotatable bonds is 6. The molecule has 1 aromatic carbocycles. The van der Waals surface area contributed by atoms with Crippen molar-refractivity contribution in [3.05, 3.63) is 29.8 Å². The van der Waals surface area contributed by atoms with Crippen molar-refractivity contribution >= 4 is 11.7 Å². The Morgan fingerprint density at radius 2 is 1.76 bits per heavy atom. The molecule has 0 spiro atoms. The fourth-order valence-corrected chi connectivity index (χ4v) is 1.65. The van der Waals surface area contributed by atoms with E-state index in [0.29, 0.717) is 17.5 Å². The normalized spacial score (nSPS) is 12.5. The van der Waals surface area contributed by atoms with Crippen LogP contribution in [0.2, 0.25) is 0 Å². The van der Waals surface area contributed by atoms with Crippen LogP contribution in [-0.4, -0.2) is 17.1 Å². The fraction of sp³-hybridized carbons (Fsp3) is 0.500. The average molecular weight is 235 g/mol. The van der Waals surface area contributed by atoms with Crippen molar-refractivity contribution in [2.45, 2.75) is 39.7 Å². The summed E-state index contributed by atoms with van der Waals surface area (Å²) in [5.74, 6) is -0.168. The van der Waals surface area contributed by atoms with Gasteiger partial charge in [-0.15, -0.1) is 0 Å². The molecule has 2 N–H and O–H groups in total. The number of carboxylic acids is 1. The first kappa shape index (κ1) is 13.6. The van der Waals surface area contributed by atoms with E-state index in [4.69, 9.17) is 5.11 Å². The van der Waals surface area contributed by atoms with Crippen LogP contribution in [0, 0.1) is 5.92 Å². The van der Waals surface area contributed by atoms with E-state index in [1.165, 1.54) is 6.42 Å². The molecule has 0 saturated carbocycles. The molecule has 0 radical (unpaired) electrons. The van der Waals surface area contributed by atoms with Gasteiger partial charge in [-0.2, -0.15) is 0 Å². The summed E-state index contributed by atoms with van der Waals surface area (Å²) in [7, 11) is 0. The van der Waals surface area contributed by atoms with Crippen LogP contribution in [0.25, 0.3) is 0 Å². The second kappa shape index (κ2) is 6.28. The lowest BCUT2D eigenvalue weighted by Crippen LogP contribution is -2.15. The Kier molecular flexibility index (Phi) is 5.01. The summed E-state index contributed by atoms with van der Waals surface area (Å²) < 4.78 is 0. The zero-order valence-electron chi connectivity index (χ0n) is 10.7. The molecule has 0 aliphatic rings. The second-order valence-electron chi connectivity index (χ2n) is 4.90. The summed E-state index contributed by atoms with van der Waals surface area (Å²) >= 11 is 0. The molecule has 3 nitrogen and oxygen atoms in total. The molecule has 1 unspecified atom stereocenters. The summed E-state index contributed by atoms with van der Waals surface area (Å²) in [5.41, 5.74) is 1.30. The van der Waals surface area contributed by atoms with Gasteiger partial charge < -0.3 is 10.4 Å². The van der Waals surface area contributed by atoms with Gasteiger partial charge in [0.25, 0.3) is 0 Å². The van der Waals surface area contributed by atoms with Crippen LogP contribution in [0.4, 0.5) is 5.69 Å². The zero-order valence-corrected chi connectivity index (χ0v) is 10.7. The van der Waals surface area contributed by atoms with Crippen LogP contribution < -0.4 is 5.32 Å². The Hall–Kier alpha value is -1.51. The molecule has 3 heteroatoms. The van der Waals surface area contributed by atoms with Gasteiger partial charge in [0, 0.05) is 11.7 Å². The standard InChI is InChI=1S/C14H21NO2/c1-10(2)4-5-11(3)15-13-8-6-12(7-9-13)14(16)17/h6-11,15H,4-5H2,1-3H3,(H,16,17). The van der Waals surface area contributed by atoms with Crippen LogP contribution in [0.5, 0.6) is 0 Å². The molecule has 0 aromatic heterocycles. The highest BCUT2D eigenvalue weighted by molar-refractivity contribution is 5.87. The van der Waals surface area contributed by atoms with E-state index in [-0.39, 0.29) is 0 Å². The molecule has 1 rings (SSSR count). The maximum absolute atomic E-state index is 10.7. The molecule has 1 atom stereocenters. The Morgan fingerprint density at radius 3 is 2.24 bits per heavy atom. The maximum Gasteiger partial charge on any atom is 0.335 e. The number of nitrogens with one attached hydrogen (secondary N) is 1. The average Bonchev–Trinajstić information content (AvgIpc) is 2.27. The quantitative estimate of drug-likeness (QED) is 0.791. The summed E-state index contributed by atoms with van der Waals surface area (Å²) in [6, 6.07) is 7.29. The molecule has 0 amide bonds. The third-order valence-corrected chi connectivity index (χ3v) is 2.72. The molecule has 0 saturated heterocycles. The summed E-state index contributed by atoms with van der Waals surface area (Å²) in [6.45, 7) is 6.58. The van der Waals surface area contributed by atoms with Crippen LogP contribution in [-0.2, 0) is 0 Å². The third kappa shape index (κ3) is 4.89. The Morgan fingerprint density at radius 1 is 1.18 bits per heavy atom. The van der Waals surface area contributed by atoms with Gasteiger partial charge in [-0.1, -0.05) is 13.8 Å². The number of hydrogen-bond acceptors (Lipinski definition) is 2. The predicted octanol–water partition coefficient (Wildman–Crippen LogP) is 3.62. The molecule has 0 fully saturated rings. The van der Waals surface area contributed by atoms with E-state index in [0.717, 1.165) is 12.1 Å². The van der Waals surface area contributed by atoms with Crippen molar-refractivity contribution in [3.8, 4) is 0 Å². The molecule has 1 aromatic rings. The van der Waals surface area contributed by atoms with Gasteiger partial charge in [0.2, 0.25) is 0 Å². The smallest absolute Gasteiger partial charge is 0.335 e. The van der Waals surface area contributed by atoms with Gasteiger partial charge in [0.1, 0.15) is 0 Å². The minimum atomic E-state index is -0.885. The Balaban J connectivity index is 2.48. The molecule has 94 valence electrons. The molecule has 17 heavy (non-hydrogen) atoms. The van der Waals surface area contributed by atoms with Crippen LogP contribution in [0.3, 0.4) is 0 Å². The Bertz CT molecular complexity index is 357. The number of aromatic carboxylic acids is 1. The van der Waals surface area contributed by atoms with Crippen molar-refractivity contribution < 1.29 is 9.90 Å². The van der Waals surface area contributed by atoms with E-state index in [1.54, 1.807) is 12.1 Å². The number of hydrogen-bond donors (Lipinski definition) is 2. The van der Waals surface area contributed by atoms with Gasteiger partial charge >= 0.3 is 5.97 Å². The highest BCUT2D eigenvalue weighted by Crippen LogP contribution is 2.14. The van der Waals surface area contributed by atoms with E-state index in [9.17, 15) is 4.79 Å². The lowest BCUT2D eigenvalue weighted by molar-refractivity contribution is 0.0697. The summed E-state index contributed by atoms with van der Waals surface area (Å²) in [5, 5.41) is 12.2. The number of anilines is 1. The first-order chi connectivity index (χ1) is 7.99. The van der Waals surface area contributed by atoms with Crippen molar-refractivity contribution in [3.63, 3.8) is 0 Å². The van der Waals surface area contributed by atoms with Gasteiger partial charge in [-0.3, -0.25) is 0 Å². The SMILES string of the molecule is CC(C)CCC(C)Nc1ccc(C(=O)O)cc1. The Labute approximate surface area is 103 Å². The zero-order chi connectivity index (χ0) is 12.8. The molecule has 0 heterocycles. The first-order valence-corrected chi connectivity index (χ1v) is 6.09. The first-order valence-electron chi connectivity index (χ1n) is 6.09. The molecular formula is C14H21NO2. The minimum absolute atomic E-state index is 0.324. The number of carbonyl (C=O) groups is 1. The van der Waals surface area contributed by atoms with E-state index in [2.05, 4.69) is 26.1 Å². The van der Waals surface area contributed by atoms with Crippen LogP contribution in [0.15, 0.2) is 24.3 Å². The number of carboxylic acid groups (broad SMARTS) is 1. The largest absolute Gasteiger partial charge is 0.478 e. The van der Waals surface area contributed by atoms with Crippen molar-refractivity contribution in [2.75, 3.05) is 5.32 Å². The van der Waals surface area contributed by atoms with Gasteiger partial charge in [-0.25, -0.2) is 4.79 Å². The summed E-state index contributed by atoms with van der Waals surface area (Å²) in [4.78, 5) is 10.7. The lowest BCUT2D eigenvalue weighted by atomic mass is 10.0. The van der Waals surface area contributed by atoms with Gasteiger partial charge in [0.05, 0.1) is 5.56 Å². The topological polar surface area (TPSA) is 49.3 Å².